The fourth-order valence-corrected chi connectivity index (χ4v) is 10.8. The van der Waals surface area contributed by atoms with Gasteiger partial charge in [0, 0.05) is 0 Å². The molecule has 0 aliphatic heterocycles. The molecular weight excluding hydrogens is 532 g/mol. The largest absolute Gasteiger partial charge is 0.299 e. The van der Waals surface area contributed by atoms with Crippen LogP contribution in [0, 0.1) is 0 Å². The summed E-state index contributed by atoms with van der Waals surface area (Å²) in [6, 6.07) is 53.6. The van der Waals surface area contributed by atoms with Gasteiger partial charge in [0.2, 0.25) is 0 Å². The highest BCUT2D eigenvalue weighted by Crippen LogP contribution is 2.53. The molecule has 0 spiro atoms. The predicted octanol–water partition coefficient (Wildman–Crippen LogP) is 7.39. The van der Waals surface area contributed by atoms with Crippen LogP contribution in [0.5, 0.6) is 0 Å². The van der Waals surface area contributed by atoms with Crippen molar-refractivity contribution >= 4 is 42.4 Å². The molecule has 6 rings (SSSR count). The zero-order valence-electron chi connectivity index (χ0n) is 23.6. The molecule has 1 aliphatic rings. The van der Waals surface area contributed by atoms with Gasteiger partial charge in [0.15, 0.2) is 0 Å². The van der Waals surface area contributed by atoms with Crippen molar-refractivity contribution in [2.45, 2.75) is 12.5 Å². The highest BCUT2D eigenvalue weighted by Gasteiger charge is 2.33. The molecule has 202 valence electrons. The Labute approximate surface area is 247 Å². The lowest BCUT2D eigenvalue weighted by atomic mass is 9.98. The minimum atomic E-state index is -0.724. The van der Waals surface area contributed by atoms with Gasteiger partial charge in [0.05, 0.1) is 6.04 Å². The quantitative estimate of drug-likeness (QED) is 0.168. The summed E-state index contributed by atoms with van der Waals surface area (Å²) in [7, 11) is 3.07. The van der Waals surface area contributed by atoms with E-state index < -0.39 is 15.8 Å². The maximum Gasteiger partial charge on any atom is 0.0606 e. The van der Waals surface area contributed by atoms with Crippen LogP contribution in [0.1, 0.15) is 18.0 Å². The lowest BCUT2D eigenvalue weighted by molar-refractivity contribution is 0.342. The molecule has 41 heavy (non-hydrogen) atoms. The van der Waals surface area contributed by atoms with Crippen molar-refractivity contribution in [3.63, 3.8) is 0 Å². The summed E-state index contributed by atoms with van der Waals surface area (Å²) >= 11 is 0. The Morgan fingerprint density at radius 2 is 0.902 bits per heavy atom. The number of allylic oxidation sites excluding steroid dienone is 2. The van der Waals surface area contributed by atoms with Crippen molar-refractivity contribution in [2.75, 3.05) is 14.1 Å². The Hall–Kier alpha value is -3.60. The fourth-order valence-electron chi connectivity index (χ4n) is 5.80. The lowest BCUT2D eigenvalue weighted by Crippen LogP contribution is -2.30. The Balaban J connectivity index is 1.49. The third-order valence-corrected chi connectivity index (χ3v) is 12.6. The molecule has 0 unspecified atom stereocenters. The van der Waals surface area contributed by atoms with E-state index in [0.29, 0.717) is 0 Å². The average molecular weight is 568 g/mol. The molecule has 0 heterocycles. The summed E-state index contributed by atoms with van der Waals surface area (Å²) in [4.78, 5) is 2.41. The molecule has 0 aromatic heterocycles. The minimum absolute atomic E-state index is 0.148. The van der Waals surface area contributed by atoms with Gasteiger partial charge in [0.1, 0.15) is 0 Å². The molecule has 0 N–H and O–H groups in total. The van der Waals surface area contributed by atoms with Crippen molar-refractivity contribution in [1.29, 1.82) is 0 Å². The van der Waals surface area contributed by atoms with Crippen molar-refractivity contribution in [1.82, 2.24) is 4.90 Å². The molecule has 3 heteroatoms. The zero-order chi connectivity index (χ0) is 28.0. The standard InChI is InChI=1S/C38H35NP2/c1-39(2)38(35-27-17-29-37(35)41(32-22-11-5-12-23-32)33-24-13-6-14-25-33)34-26-15-16-28-36(34)40(30-18-7-3-8-19-30)31-20-9-4-10-21-31/h3-16,18-29,38H,17H2,1-2H3/t38-/m0/s1. The van der Waals surface area contributed by atoms with Crippen LogP contribution in [-0.4, -0.2) is 19.0 Å². The molecular formula is C38H35NP2. The first-order chi connectivity index (χ1) is 20.2. The smallest absolute Gasteiger partial charge is 0.0606 e. The number of hydrogen-bond acceptors (Lipinski definition) is 1. The number of hydrogen-bond donors (Lipinski definition) is 0. The molecule has 1 aliphatic carbocycles. The van der Waals surface area contributed by atoms with Crippen LogP contribution in [-0.2, 0) is 0 Å². The molecule has 5 aromatic rings. The van der Waals surface area contributed by atoms with Crippen LogP contribution < -0.4 is 26.5 Å². The van der Waals surface area contributed by atoms with E-state index in [0.717, 1.165) is 6.42 Å². The van der Waals surface area contributed by atoms with Gasteiger partial charge in [-0.3, -0.25) is 4.90 Å². The average Bonchev–Trinajstić information content (AvgIpc) is 3.49. The van der Waals surface area contributed by atoms with Gasteiger partial charge >= 0.3 is 0 Å². The summed E-state index contributed by atoms with van der Waals surface area (Å²) in [5.74, 6) is 0. The van der Waals surface area contributed by atoms with E-state index >= 15 is 0 Å². The molecule has 0 bridgehead atoms. The Bertz CT molecular complexity index is 1550. The van der Waals surface area contributed by atoms with E-state index in [1.165, 1.54) is 43.0 Å². The van der Waals surface area contributed by atoms with E-state index in [-0.39, 0.29) is 6.04 Å². The van der Waals surface area contributed by atoms with Crippen LogP contribution in [0.2, 0.25) is 0 Å². The summed E-state index contributed by atoms with van der Waals surface area (Å²) in [5.41, 5.74) is 2.84. The second-order valence-electron chi connectivity index (χ2n) is 10.4. The van der Waals surface area contributed by atoms with Gasteiger partial charge in [-0.1, -0.05) is 158 Å². The summed E-state index contributed by atoms with van der Waals surface area (Å²) in [6.07, 6.45) is 5.93. The molecule has 0 radical (unpaired) electrons. The highest BCUT2D eigenvalue weighted by molar-refractivity contribution is 7.80. The molecule has 0 saturated heterocycles. The van der Waals surface area contributed by atoms with Crippen molar-refractivity contribution in [2.24, 2.45) is 0 Å². The van der Waals surface area contributed by atoms with Gasteiger partial charge < -0.3 is 0 Å². The third-order valence-electron chi connectivity index (χ3n) is 7.53. The van der Waals surface area contributed by atoms with E-state index in [9.17, 15) is 0 Å². The van der Waals surface area contributed by atoms with Crippen LogP contribution in [0.15, 0.2) is 169 Å². The highest BCUT2D eigenvalue weighted by atomic mass is 31.1. The molecule has 1 atom stereocenters. The summed E-state index contributed by atoms with van der Waals surface area (Å²) in [6.45, 7) is 0. The van der Waals surface area contributed by atoms with Crippen LogP contribution >= 0.6 is 15.8 Å². The second kappa shape index (κ2) is 12.9. The van der Waals surface area contributed by atoms with Gasteiger partial charge in [-0.2, -0.15) is 0 Å². The maximum absolute atomic E-state index is 2.48. The first-order valence-electron chi connectivity index (χ1n) is 14.2. The minimum Gasteiger partial charge on any atom is -0.299 e. The SMILES string of the molecule is CN(C)[C@H](C1=CCC=C1P(c1ccccc1)c1ccccc1)c1ccccc1P(c1ccccc1)c1ccccc1. The summed E-state index contributed by atoms with van der Waals surface area (Å²) < 4.78 is 0. The summed E-state index contributed by atoms with van der Waals surface area (Å²) in [5, 5.41) is 8.46. The van der Waals surface area contributed by atoms with Crippen molar-refractivity contribution in [3.8, 4) is 0 Å². The third kappa shape index (κ3) is 5.91. The Kier molecular flexibility index (Phi) is 8.69. The fraction of sp³-hybridized carbons (Fsp3) is 0.105. The van der Waals surface area contributed by atoms with Gasteiger partial charge in [-0.15, -0.1) is 0 Å². The number of rotatable bonds is 9. The maximum atomic E-state index is 2.48. The molecule has 1 nitrogen and oxygen atoms in total. The van der Waals surface area contributed by atoms with E-state index in [1.807, 2.05) is 0 Å². The van der Waals surface area contributed by atoms with E-state index in [4.69, 9.17) is 0 Å². The molecule has 0 fully saturated rings. The number of nitrogens with zero attached hydrogens (tertiary/aromatic N) is 1. The monoisotopic (exact) mass is 567 g/mol. The Morgan fingerprint density at radius 3 is 1.37 bits per heavy atom. The topological polar surface area (TPSA) is 3.24 Å². The van der Waals surface area contributed by atoms with E-state index in [2.05, 4.69) is 177 Å². The van der Waals surface area contributed by atoms with Crippen LogP contribution in [0.25, 0.3) is 0 Å². The lowest BCUT2D eigenvalue weighted by Gasteiger charge is -2.34. The number of likely N-dealkylation sites (N-methyl/N-ethyl adjacent to an activating group) is 1. The Morgan fingerprint density at radius 1 is 0.488 bits per heavy atom. The normalized spacial score (nSPS) is 13.9. The molecule has 5 aromatic carbocycles. The van der Waals surface area contributed by atoms with Gasteiger partial charge in [-0.05, 0) is 79.3 Å². The molecule has 0 saturated carbocycles. The van der Waals surface area contributed by atoms with Crippen LogP contribution in [0.3, 0.4) is 0 Å². The first-order valence-corrected chi connectivity index (χ1v) is 16.9. The zero-order valence-corrected chi connectivity index (χ0v) is 25.4. The second-order valence-corrected chi connectivity index (χ2v) is 14.8. The van der Waals surface area contributed by atoms with Crippen molar-refractivity contribution < 1.29 is 0 Å². The van der Waals surface area contributed by atoms with Gasteiger partial charge in [-0.25, -0.2) is 0 Å². The van der Waals surface area contributed by atoms with E-state index in [1.54, 1.807) is 0 Å². The predicted molar refractivity (Wildman–Crippen MR) is 181 cm³/mol. The number of benzene rings is 5. The van der Waals surface area contributed by atoms with Crippen molar-refractivity contribution in [3.05, 3.63) is 174 Å². The first kappa shape index (κ1) is 27.6. The van der Waals surface area contributed by atoms with Crippen LogP contribution in [0.4, 0.5) is 0 Å². The van der Waals surface area contributed by atoms with Gasteiger partial charge in [0.25, 0.3) is 0 Å². The molecule has 0 amide bonds.